The Morgan fingerprint density at radius 3 is 2.95 bits per heavy atom. The molecular weight excluding hydrogens is 260 g/mol. The number of hydrogen-bond donors (Lipinski definition) is 2. The van der Waals surface area contributed by atoms with Gasteiger partial charge in [0.15, 0.2) is 0 Å². The van der Waals surface area contributed by atoms with Crippen LogP contribution >= 0.6 is 0 Å². The number of anilines is 1. The molecule has 1 fully saturated rings. The molecule has 2 unspecified atom stereocenters. The van der Waals surface area contributed by atoms with Crippen LogP contribution in [0.4, 0.5) is 5.69 Å². The highest BCUT2D eigenvalue weighted by Crippen LogP contribution is 2.27. The summed E-state index contributed by atoms with van der Waals surface area (Å²) in [5.74, 6) is 1.88. The summed E-state index contributed by atoms with van der Waals surface area (Å²) in [5, 5.41) is 0. The molecule has 0 bridgehead atoms. The van der Waals surface area contributed by atoms with E-state index in [1.807, 2.05) is 18.2 Å². The van der Waals surface area contributed by atoms with Crippen LogP contribution in [-0.4, -0.2) is 34.5 Å². The summed E-state index contributed by atoms with van der Waals surface area (Å²) >= 11 is 0. The molecule has 1 aliphatic rings. The highest BCUT2D eigenvalue weighted by atomic mass is 15.1. The lowest BCUT2D eigenvalue weighted by Crippen LogP contribution is -2.40. The minimum absolute atomic E-state index is 0.735. The summed E-state index contributed by atoms with van der Waals surface area (Å²) in [5.41, 5.74) is 8.64. The maximum atomic E-state index is 5.81. The molecule has 2 aromatic rings. The summed E-state index contributed by atoms with van der Waals surface area (Å²) in [6.07, 6.45) is 6.46. The summed E-state index contributed by atoms with van der Waals surface area (Å²) in [6.45, 7) is 3.45. The smallest absolute Gasteiger partial charge is 0.108 e. The molecule has 3 N–H and O–H groups in total. The Morgan fingerprint density at radius 1 is 1.33 bits per heavy atom. The van der Waals surface area contributed by atoms with E-state index in [9.17, 15) is 0 Å². The van der Waals surface area contributed by atoms with E-state index in [1.165, 1.54) is 25.7 Å². The molecule has 1 aromatic heterocycles. The average Bonchev–Trinajstić information content (AvgIpc) is 2.87. The third-order valence-electron chi connectivity index (χ3n) is 4.89. The number of likely N-dealkylation sites (N-methyl/N-ethyl adjacent to an activating group) is 1. The number of H-pyrrole nitrogens is 1. The van der Waals surface area contributed by atoms with Gasteiger partial charge in [0.1, 0.15) is 5.82 Å². The first-order valence-electron chi connectivity index (χ1n) is 8.08. The molecule has 2 atom stereocenters. The number of nitrogens with two attached hydrogens (primary N) is 1. The molecule has 1 heterocycles. The van der Waals surface area contributed by atoms with E-state index >= 15 is 0 Å². The molecule has 0 radical (unpaired) electrons. The second-order valence-corrected chi connectivity index (χ2v) is 6.52. The number of nitrogens with zero attached hydrogens (tertiary/aromatic N) is 2. The van der Waals surface area contributed by atoms with E-state index in [0.717, 1.165) is 47.5 Å². The molecule has 3 rings (SSSR count). The number of nitrogens with one attached hydrogen (secondary N) is 1. The maximum absolute atomic E-state index is 5.81. The van der Waals surface area contributed by atoms with Gasteiger partial charge in [-0.3, -0.25) is 0 Å². The van der Waals surface area contributed by atoms with Crippen LogP contribution in [0, 0.1) is 5.92 Å². The van der Waals surface area contributed by atoms with Crippen molar-refractivity contribution in [1.82, 2.24) is 14.9 Å². The number of nitrogen functional groups attached to an aromatic ring is 1. The predicted molar refractivity (Wildman–Crippen MR) is 88.3 cm³/mol. The van der Waals surface area contributed by atoms with Crippen molar-refractivity contribution in [2.75, 3.05) is 19.3 Å². The van der Waals surface area contributed by atoms with E-state index in [0.29, 0.717) is 0 Å². The van der Waals surface area contributed by atoms with Crippen molar-refractivity contribution in [2.45, 2.75) is 45.1 Å². The fraction of sp³-hybridized carbons (Fsp3) is 0.588. The standard InChI is InChI=1S/C17H26N4/c1-12-5-3-4-6-16(12)21(2)10-9-17-19-14-8-7-13(18)11-15(14)20-17/h7-8,11-12,16H,3-6,9-10,18H2,1-2H3,(H,19,20). The van der Waals surface area contributed by atoms with Crippen molar-refractivity contribution in [3.63, 3.8) is 0 Å². The van der Waals surface area contributed by atoms with Crippen LogP contribution < -0.4 is 5.73 Å². The zero-order valence-electron chi connectivity index (χ0n) is 13.1. The van der Waals surface area contributed by atoms with Gasteiger partial charge >= 0.3 is 0 Å². The first-order chi connectivity index (χ1) is 10.1. The lowest BCUT2D eigenvalue weighted by molar-refractivity contribution is 0.140. The molecule has 0 aliphatic heterocycles. The van der Waals surface area contributed by atoms with Gasteiger partial charge in [0.05, 0.1) is 11.0 Å². The van der Waals surface area contributed by atoms with Crippen LogP contribution in [0.1, 0.15) is 38.4 Å². The van der Waals surface area contributed by atoms with Crippen LogP contribution in [0.2, 0.25) is 0 Å². The molecule has 4 heteroatoms. The van der Waals surface area contributed by atoms with Gasteiger partial charge < -0.3 is 15.6 Å². The van der Waals surface area contributed by atoms with Crippen molar-refractivity contribution in [3.8, 4) is 0 Å². The first-order valence-corrected chi connectivity index (χ1v) is 8.08. The normalized spacial score (nSPS) is 23.0. The predicted octanol–water partition coefficient (Wildman–Crippen LogP) is 3.20. The number of imidazole rings is 1. The van der Waals surface area contributed by atoms with Gasteiger partial charge in [0, 0.05) is 24.7 Å². The first kappa shape index (κ1) is 14.4. The minimum Gasteiger partial charge on any atom is -0.399 e. The van der Waals surface area contributed by atoms with Crippen molar-refractivity contribution < 1.29 is 0 Å². The van der Waals surface area contributed by atoms with Gasteiger partial charge in [-0.15, -0.1) is 0 Å². The van der Waals surface area contributed by atoms with Crippen LogP contribution in [0.25, 0.3) is 11.0 Å². The molecule has 21 heavy (non-hydrogen) atoms. The Balaban J connectivity index is 1.62. The topological polar surface area (TPSA) is 57.9 Å². The number of hydrogen-bond acceptors (Lipinski definition) is 3. The molecular formula is C17H26N4. The highest BCUT2D eigenvalue weighted by Gasteiger charge is 2.24. The lowest BCUT2D eigenvalue weighted by atomic mass is 9.85. The number of benzene rings is 1. The summed E-state index contributed by atoms with van der Waals surface area (Å²) in [4.78, 5) is 10.6. The van der Waals surface area contributed by atoms with E-state index in [4.69, 9.17) is 5.73 Å². The second-order valence-electron chi connectivity index (χ2n) is 6.52. The van der Waals surface area contributed by atoms with Gasteiger partial charge in [0.25, 0.3) is 0 Å². The van der Waals surface area contributed by atoms with Gasteiger partial charge in [-0.25, -0.2) is 4.98 Å². The molecule has 0 amide bonds. The fourth-order valence-electron chi connectivity index (χ4n) is 3.60. The Bertz CT molecular complexity index is 604. The number of rotatable bonds is 4. The van der Waals surface area contributed by atoms with Crippen molar-refractivity contribution in [3.05, 3.63) is 24.0 Å². The Kier molecular flexibility index (Phi) is 4.15. The molecule has 1 aromatic carbocycles. The molecule has 4 nitrogen and oxygen atoms in total. The van der Waals surface area contributed by atoms with Crippen molar-refractivity contribution in [2.24, 2.45) is 5.92 Å². The summed E-state index contributed by atoms with van der Waals surface area (Å²) < 4.78 is 0. The zero-order chi connectivity index (χ0) is 14.8. The van der Waals surface area contributed by atoms with Crippen molar-refractivity contribution >= 4 is 16.7 Å². The quantitative estimate of drug-likeness (QED) is 0.849. The van der Waals surface area contributed by atoms with Gasteiger partial charge in [-0.05, 0) is 44.0 Å². The third-order valence-corrected chi connectivity index (χ3v) is 4.89. The van der Waals surface area contributed by atoms with Crippen LogP contribution in [0.5, 0.6) is 0 Å². The fourth-order valence-corrected chi connectivity index (χ4v) is 3.60. The zero-order valence-corrected chi connectivity index (χ0v) is 13.1. The maximum Gasteiger partial charge on any atom is 0.108 e. The van der Waals surface area contributed by atoms with Gasteiger partial charge in [-0.2, -0.15) is 0 Å². The van der Waals surface area contributed by atoms with Crippen LogP contribution in [0.3, 0.4) is 0 Å². The van der Waals surface area contributed by atoms with E-state index in [2.05, 4.69) is 28.8 Å². The number of aromatic amines is 1. The molecule has 0 saturated heterocycles. The lowest BCUT2D eigenvalue weighted by Gasteiger charge is -2.36. The summed E-state index contributed by atoms with van der Waals surface area (Å²) in [6, 6.07) is 6.58. The Hall–Kier alpha value is -1.55. The van der Waals surface area contributed by atoms with Gasteiger partial charge in [-0.1, -0.05) is 19.8 Å². The largest absolute Gasteiger partial charge is 0.399 e. The van der Waals surface area contributed by atoms with E-state index in [1.54, 1.807) is 0 Å². The monoisotopic (exact) mass is 286 g/mol. The molecule has 0 spiro atoms. The Morgan fingerprint density at radius 2 is 2.14 bits per heavy atom. The third kappa shape index (κ3) is 3.21. The van der Waals surface area contributed by atoms with Gasteiger partial charge in [0.2, 0.25) is 0 Å². The number of fused-ring (bicyclic) bond motifs is 1. The average molecular weight is 286 g/mol. The SMILES string of the molecule is CC1CCCCC1N(C)CCc1nc2ccc(N)cc2[nH]1. The molecule has 1 saturated carbocycles. The highest BCUT2D eigenvalue weighted by molar-refractivity contribution is 5.78. The van der Waals surface area contributed by atoms with Crippen molar-refractivity contribution in [1.29, 1.82) is 0 Å². The van der Waals surface area contributed by atoms with Crippen LogP contribution in [0.15, 0.2) is 18.2 Å². The Labute approximate surface area is 126 Å². The summed E-state index contributed by atoms with van der Waals surface area (Å²) in [7, 11) is 2.26. The van der Waals surface area contributed by atoms with E-state index < -0.39 is 0 Å². The molecule has 114 valence electrons. The second kappa shape index (κ2) is 6.06. The number of aromatic nitrogens is 2. The van der Waals surface area contributed by atoms with Crippen LogP contribution in [-0.2, 0) is 6.42 Å². The van der Waals surface area contributed by atoms with E-state index in [-0.39, 0.29) is 0 Å². The minimum atomic E-state index is 0.735. The molecule has 1 aliphatic carbocycles.